The van der Waals surface area contributed by atoms with Crippen molar-refractivity contribution in [1.82, 2.24) is 15.2 Å². The number of nitrogens with zero attached hydrogens (tertiary/aromatic N) is 2. The Balaban J connectivity index is 2.15. The molecule has 1 saturated heterocycles. The van der Waals surface area contributed by atoms with Crippen LogP contribution in [0.5, 0.6) is 0 Å². The molecule has 1 fully saturated rings. The molecule has 2 heterocycles. The van der Waals surface area contributed by atoms with Gasteiger partial charge in [0.1, 0.15) is 0 Å². The van der Waals surface area contributed by atoms with Crippen LogP contribution in [-0.4, -0.2) is 41.0 Å². The zero-order chi connectivity index (χ0) is 11.5. The Morgan fingerprint density at radius 3 is 3.06 bits per heavy atom. The van der Waals surface area contributed by atoms with Crippen molar-refractivity contribution >= 4 is 5.91 Å². The van der Waals surface area contributed by atoms with E-state index in [9.17, 15) is 4.79 Å². The molecule has 86 valence electrons. The van der Waals surface area contributed by atoms with Gasteiger partial charge in [-0.1, -0.05) is 0 Å². The van der Waals surface area contributed by atoms with Gasteiger partial charge in [-0.2, -0.15) is 0 Å². The van der Waals surface area contributed by atoms with Crippen molar-refractivity contribution in [2.75, 3.05) is 13.1 Å². The second-order valence-electron chi connectivity index (χ2n) is 4.36. The van der Waals surface area contributed by atoms with Crippen molar-refractivity contribution in [2.24, 2.45) is 0 Å². The minimum Gasteiger partial charge on any atom is -0.333 e. The van der Waals surface area contributed by atoms with Crippen LogP contribution in [0, 0.1) is 0 Å². The summed E-state index contributed by atoms with van der Waals surface area (Å²) >= 11 is 0. The lowest BCUT2D eigenvalue weighted by atomic mass is 10.1. The summed E-state index contributed by atoms with van der Waals surface area (Å²) in [4.78, 5) is 18.1. The molecular weight excluding hydrogens is 202 g/mol. The Morgan fingerprint density at radius 1 is 1.56 bits per heavy atom. The highest BCUT2D eigenvalue weighted by molar-refractivity contribution is 5.94. The molecule has 0 aliphatic carbocycles. The van der Waals surface area contributed by atoms with Crippen LogP contribution < -0.4 is 5.32 Å². The molecule has 16 heavy (non-hydrogen) atoms. The molecule has 2 rings (SSSR count). The monoisotopic (exact) mass is 219 g/mol. The van der Waals surface area contributed by atoms with Gasteiger partial charge in [-0.25, -0.2) is 0 Å². The minimum absolute atomic E-state index is 0.0777. The van der Waals surface area contributed by atoms with Crippen LogP contribution in [0.3, 0.4) is 0 Å². The third kappa shape index (κ3) is 2.22. The lowest BCUT2D eigenvalue weighted by Crippen LogP contribution is -2.56. The number of piperazine rings is 1. The molecule has 1 aromatic rings. The summed E-state index contributed by atoms with van der Waals surface area (Å²) in [5.74, 6) is 0.0777. The molecule has 1 aliphatic heterocycles. The molecule has 1 aliphatic rings. The molecule has 0 aromatic carbocycles. The number of pyridine rings is 1. The maximum atomic E-state index is 12.2. The summed E-state index contributed by atoms with van der Waals surface area (Å²) < 4.78 is 0. The van der Waals surface area contributed by atoms with Crippen molar-refractivity contribution in [3.05, 3.63) is 30.1 Å². The van der Waals surface area contributed by atoms with Crippen molar-refractivity contribution in [3.63, 3.8) is 0 Å². The SMILES string of the molecule is CC1CN(C(=O)c2cccnc2)C(C)CN1. The first-order chi connectivity index (χ1) is 7.68. The summed E-state index contributed by atoms with van der Waals surface area (Å²) in [6.45, 7) is 5.77. The second-order valence-corrected chi connectivity index (χ2v) is 4.36. The first-order valence-corrected chi connectivity index (χ1v) is 5.63. The van der Waals surface area contributed by atoms with E-state index in [-0.39, 0.29) is 11.9 Å². The van der Waals surface area contributed by atoms with E-state index < -0.39 is 0 Å². The molecule has 0 spiro atoms. The average Bonchev–Trinajstić information content (AvgIpc) is 2.32. The summed E-state index contributed by atoms with van der Waals surface area (Å²) in [5.41, 5.74) is 0.670. The van der Waals surface area contributed by atoms with E-state index in [2.05, 4.69) is 24.1 Å². The molecule has 1 amide bonds. The average molecular weight is 219 g/mol. The van der Waals surface area contributed by atoms with Gasteiger partial charge in [0, 0.05) is 37.6 Å². The lowest BCUT2D eigenvalue weighted by molar-refractivity contribution is 0.0616. The summed E-state index contributed by atoms with van der Waals surface area (Å²) in [6, 6.07) is 4.21. The van der Waals surface area contributed by atoms with Gasteiger partial charge in [-0.05, 0) is 26.0 Å². The number of amides is 1. The number of rotatable bonds is 1. The van der Waals surface area contributed by atoms with E-state index in [1.165, 1.54) is 0 Å². The molecule has 2 unspecified atom stereocenters. The van der Waals surface area contributed by atoms with Crippen molar-refractivity contribution in [1.29, 1.82) is 0 Å². The molecular formula is C12H17N3O. The molecule has 4 nitrogen and oxygen atoms in total. The van der Waals surface area contributed by atoms with Crippen molar-refractivity contribution in [2.45, 2.75) is 25.9 Å². The van der Waals surface area contributed by atoms with Gasteiger partial charge in [-0.3, -0.25) is 9.78 Å². The van der Waals surface area contributed by atoms with Gasteiger partial charge >= 0.3 is 0 Å². The van der Waals surface area contributed by atoms with E-state index in [1.807, 2.05) is 11.0 Å². The summed E-state index contributed by atoms with van der Waals surface area (Å²) in [7, 11) is 0. The second kappa shape index (κ2) is 4.61. The van der Waals surface area contributed by atoms with Crippen LogP contribution in [0.25, 0.3) is 0 Å². The zero-order valence-corrected chi connectivity index (χ0v) is 9.68. The van der Waals surface area contributed by atoms with Crippen LogP contribution >= 0.6 is 0 Å². The maximum Gasteiger partial charge on any atom is 0.255 e. The number of hydrogen-bond donors (Lipinski definition) is 1. The minimum atomic E-state index is 0.0777. The lowest BCUT2D eigenvalue weighted by Gasteiger charge is -2.37. The van der Waals surface area contributed by atoms with Gasteiger partial charge in [0.15, 0.2) is 0 Å². The van der Waals surface area contributed by atoms with Gasteiger partial charge in [-0.15, -0.1) is 0 Å². The van der Waals surface area contributed by atoms with Crippen LogP contribution in [0.1, 0.15) is 24.2 Å². The molecule has 0 radical (unpaired) electrons. The van der Waals surface area contributed by atoms with Crippen LogP contribution in [0.4, 0.5) is 0 Å². The van der Waals surface area contributed by atoms with Gasteiger partial charge in [0.2, 0.25) is 0 Å². The van der Waals surface area contributed by atoms with E-state index in [1.54, 1.807) is 18.5 Å². The van der Waals surface area contributed by atoms with E-state index >= 15 is 0 Å². The normalized spacial score (nSPS) is 25.5. The van der Waals surface area contributed by atoms with Crippen LogP contribution in [-0.2, 0) is 0 Å². The fraction of sp³-hybridized carbons (Fsp3) is 0.500. The van der Waals surface area contributed by atoms with Crippen LogP contribution in [0.15, 0.2) is 24.5 Å². The summed E-state index contributed by atoms with van der Waals surface area (Å²) in [6.07, 6.45) is 3.31. The smallest absolute Gasteiger partial charge is 0.255 e. The first-order valence-electron chi connectivity index (χ1n) is 5.63. The Labute approximate surface area is 95.7 Å². The molecule has 4 heteroatoms. The molecule has 1 N–H and O–H groups in total. The number of aromatic nitrogens is 1. The molecule has 2 atom stereocenters. The number of carbonyl (C=O) groups is 1. The van der Waals surface area contributed by atoms with E-state index in [4.69, 9.17) is 0 Å². The van der Waals surface area contributed by atoms with Gasteiger partial charge in [0.25, 0.3) is 5.91 Å². The standard InChI is InChI=1S/C12H17N3O/c1-9-8-15(10(2)6-14-9)12(16)11-4-3-5-13-7-11/h3-5,7,9-10,14H,6,8H2,1-2H3. The largest absolute Gasteiger partial charge is 0.333 e. The zero-order valence-electron chi connectivity index (χ0n) is 9.68. The molecule has 0 bridgehead atoms. The molecule has 1 aromatic heterocycles. The fourth-order valence-corrected chi connectivity index (χ4v) is 1.96. The predicted molar refractivity (Wildman–Crippen MR) is 62.2 cm³/mol. The Bertz CT molecular complexity index is 366. The number of nitrogens with one attached hydrogen (secondary N) is 1. The highest BCUT2D eigenvalue weighted by atomic mass is 16.2. The first kappa shape index (κ1) is 11.1. The topological polar surface area (TPSA) is 45.2 Å². The third-order valence-corrected chi connectivity index (χ3v) is 2.93. The maximum absolute atomic E-state index is 12.2. The van der Waals surface area contributed by atoms with Crippen molar-refractivity contribution < 1.29 is 4.79 Å². The number of carbonyl (C=O) groups excluding carboxylic acids is 1. The Morgan fingerprint density at radius 2 is 2.38 bits per heavy atom. The quantitative estimate of drug-likeness (QED) is 0.763. The highest BCUT2D eigenvalue weighted by Crippen LogP contribution is 2.11. The van der Waals surface area contributed by atoms with Crippen LogP contribution in [0.2, 0.25) is 0 Å². The number of hydrogen-bond acceptors (Lipinski definition) is 3. The van der Waals surface area contributed by atoms with Gasteiger partial charge < -0.3 is 10.2 Å². The predicted octanol–water partition coefficient (Wildman–Crippen LogP) is 0.904. The van der Waals surface area contributed by atoms with E-state index in [0.29, 0.717) is 11.6 Å². The third-order valence-electron chi connectivity index (χ3n) is 2.93. The van der Waals surface area contributed by atoms with E-state index in [0.717, 1.165) is 13.1 Å². The Kier molecular flexibility index (Phi) is 3.19. The highest BCUT2D eigenvalue weighted by Gasteiger charge is 2.27. The molecule has 0 saturated carbocycles. The van der Waals surface area contributed by atoms with Crippen molar-refractivity contribution in [3.8, 4) is 0 Å². The van der Waals surface area contributed by atoms with Gasteiger partial charge in [0.05, 0.1) is 5.56 Å². The fourth-order valence-electron chi connectivity index (χ4n) is 1.96. The summed E-state index contributed by atoms with van der Waals surface area (Å²) in [5, 5.41) is 3.36. The Hall–Kier alpha value is -1.42.